The molecule has 106 valence electrons. The van der Waals surface area contributed by atoms with Crippen molar-refractivity contribution in [3.63, 3.8) is 0 Å². The van der Waals surface area contributed by atoms with Crippen molar-refractivity contribution in [3.8, 4) is 11.1 Å². The van der Waals surface area contributed by atoms with Crippen LogP contribution < -0.4 is 0 Å². The van der Waals surface area contributed by atoms with Crippen molar-refractivity contribution in [2.45, 2.75) is 11.1 Å². The minimum Gasteiger partial charge on any atom is -0.207 e. The minimum atomic E-state index is -4.58. The van der Waals surface area contributed by atoms with Crippen LogP contribution in [0, 0.1) is 0 Å². The van der Waals surface area contributed by atoms with Crippen LogP contribution in [0.15, 0.2) is 53.4 Å². The fourth-order valence-corrected chi connectivity index (χ4v) is 2.95. The first-order valence-electron chi connectivity index (χ1n) is 5.41. The van der Waals surface area contributed by atoms with Gasteiger partial charge in [0.05, 0.1) is 10.5 Å². The van der Waals surface area contributed by atoms with Gasteiger partial charge in [-0.25, -0.2) is 8.42 Å². The van der Waals surface area contributed by atoms with Crippen LogP contribution in [0.3, 0.4) is 0 Å². The fourth-order valence-electron chi connectivity index (χ4n) is 1.87. The summed E-state index contributed by atoms with van der Waals surface area (Å²) in [4.78, 5) is -0.349. The van der Waals surface area contributed by atoms with Crippen LogP contribution in [0.1, 0.15) is 5.56 Å². The van der Waals surface area contributed by atoms with Gasteiger partial charge in [-0.3, -0.25) is 0 Å². The summed E-state index contributed by atoms with van der Waals surface area (Å²) in [7, 11) is 1.13. The summed E-state index contributed by atoms with van der Waals surface area (Å²) in [5, 5.41) is 0. The van der Waals surface area contributed by atoms with Gasteiger partial charge in [0.15, 0.2) is 0 Å². The van der Waals surface area contributed by atoms with Gasteiger partial charge in [0.2, 0.25) is 0 Å². The Kier molecular flexibility index (Phi) is 3.80. The standard InChI is InChI=1S/C13H8ClF3O2S/c14-20(18,19)12-8-4-2-6-10(12)9-5-1-3-7-11(9)13(15,16)17/h1-8H. The molecule has 0 unspecified atom stereocenters. The summed E-state index contributed by atoms with van der Waals surface area (Å²) in [6.45, 7) is 0. The maximum absolute atomic E-state index is 13.0. The third-order valence-electron chi connectivity index (χ3n) is 2.67. The van der Waals surface area contributed by atoms with E-state index in [-0.39, 0.29) is 16.0 Å². The van der Waals surface area contributed by atoms with Gasteiger partial charge in [0.25, 0.3) is 9.05 Å². The van der Waals surface area contributed by atoms with Gasteiger partial charge >= 0.3 is 6.18 Å². The predicted octanol–water partition coefficient (Wildman–Crippen LogP) is 4.30. The molecule has 0 bridgehead atoms. The molecule has 0 saturated carbocycles. The molecule has 0 heterocycles. The quantitative estimate of drug-likeness (QED) is 0.773. The molecule has 0 aromatic heterocycles. The third-order valence-corrected chi connectivity index (χ3v) is 4.05. The molecule has 0 spiro atoms. The molecule has 2 nitrogen and oxygen atoms in total. The number of hydrogen-bond donors (Lipinski definition) is 0. The highest BCUT2D eigenvalue weighted by Crippen LogP contribution is 2.39. The molecule has 2 aromatic carbocycles. The Labute approximate surface area is 118 Å². The zero-order chi connectivity index (χ0) is 15.0. The molecule has 2 rings (SSSR count). The van der Waals surface area contributed by atoms with Crippen LogP contribution in [0.4, 0.5) is 13.2 Å². The Balaban J connectivity index is 2.78. The molecular formula is C13H8ClF3O2S. The average Bonchev–Trinajstić information content (AvgIpc) is 2.37. The largest absolute Gasteiger partial charge is 0.417 e. The Morgan fingerprint density at radius 2 is 1.35 bits per heavy atom. The van der Waals surface area contributed by atoms with Gasteiger partial charge in [-0.15, -0.1) is 0 Å². The van der Waals surface area contributed by atoms with Crippen LogP contribution in [0.5, 0.6) is 0 Å². The van der Waals surface area contributed by atoms with Gasteiger partial charge in [-0.2, -0.15) is 13.2 Å². The smallest absolute Gasteiger partial charge is 0.207 e. The van der Waals surface area contributed by atoms with Gasteiger partial charge in [-0.05, 0) is 17.7 Å². The normalized spacial score (nSPS) is 12.4. The van der Waals surface area contributed by atoms with E-state index in [4.69, 9.17) is 10.7 Å². The van der Waals surface area contributed by atoms with Crippen LogP contribution in [-0.4, -0.2) is 8.42 Å². The molecule has 0 saturated heterocycles. The van der Waals surface area contributed by atoms with Crippen molar-refractivity contribution in [2.24, 2.45) is 0 Å². The summed E-state index contributed by atoms with van der Waals surface area (Å²) in [5.74, 6) is 0. The van der Waals surface area contributed by atoms with Crippen LogP contribution >= 0.6 is 10.7 Å². The van der Waals surface area contributed by atoms with E-state index in [2.05, 4.69) is 0 Å². The van der Waals surface area contributed by atoms with Gasteiger partial charge in [0, 0.05) is 16.2 Å². The van der Waals surface area contributed by atoms with Crippen LogP contribution in [-0.2, 0) is 15.2 Å². The van der Waals surface area contributed by atoms with Gasteiger partial charge in [0.1, 0.15) is 0 Å². The van der Waals surface area contributed by atoms with E-state index in [0.29, 0.717) is 0 Å². The minimum absolute atomic E-state index is 0.0737. The van der Waals surface area contributed by atoms with Crippen molar-refractivity contribution < 1.29 is 21.6 Å². The number of benzene rings is 2. The summed E-state index contributed by atoms with van der Waals surface area (Å²) in [5.41, 5.74) is -1.21. The first kappa shape index (κ1) is 14.9. The number of rotatable bonds is 2. The molecule has 0 fully saturated rings. The lowest BCUT2D eigenvalue weighted by atomic mass is 9.99. The second-order valence-electron chi connectivity index (χ2n) is 3.98. The van der Waals surface area contributed by atoms with E-state index >= 15 is 0 Å². The second kappa shape index (κ2) is 5.10. The zero-order valence-corrected chi connectivity index (χ0v) is 11.4. The second-order valence-corrected chi connectivity index (χ2v) is 6.51. The molecular weight excluding hydrogens is 313 g/mol. The SMILES string of the molecule is O=S(=O)(Cl)c1ccccc1-c1ccccc1C(F)(F)F. The van der Waals surface area contributed by atoms with E-state index in [1.54, 1.807) is 0 Å². The maximum atomic E-state index is 13.0. The number of halogens is 4. The van der Waals surface area contributed by atoms with Crippen molar-refractivity contribution in [2.75, 3.05) is 0 Å². The highest BCUT2D eigenvalue weighted by Gasteiger charge is 2.34. The maximum Gasteiger partial charge on any atom is 0.417 e. The molecule has 20 heavy (non-hydrogen) atoms. The van der Waals surface area contributed by atoms with E-state index in [0.717, 1.165) is 6.07 Å². The monoisotopic (exact) mass is 320 g/mol. The van der Waals surface area contributed by atoms with Gasteiger partial charge in [-0.1, -0.05) is 36.4 Å². The number of hydrogen-bond acceptors (Lipinski definition) is 2. The fraction of sp³-hybridized carbons (Fsp3) is 0.0769. The Morgan fingerprint density at radius 3 is 1.90 bits per heavy atom. The highest BCUT2D eigenvalue weighted by atomic mass is 35.7. The Hall–Kier alpha value is -1.53. The van der Waals surface area contributed by atoms with Crippen molar-refractivity contribution in [1.29, 1.82) is 0 Å². The van der Waals surface area contributed by atoms with E-state index in [1.807, 2.05) is 0 Å². The van der Waals surface area contributed by atoms with E-state index in [9.17, 15) is 21.6 Å². The summed E-state index contributed by atoms with van der Waals surface area (Å²) < 4.78 is 61.9. The summed E-state index contributed by atoms with van der Waals surface area (Å²) in [6.07, 6.45) is -4.58. The summed E-state index contributed by atoms with van der Waals surface area (Å²) in [6, 6.07) is 10.1. The molecule has 7 heteroatoms. The van der Waals surface area contributed by atoms with Crippen LogP contribution in [0.25, 0.3) is 11.1 Å². The lowest BCUT2D eigenvalue weighted by Crippen LogP contribution is -2.08. The first-order chi connectivity index (χ1) is 9.21. The van der Waals surface area contributed by atoms with Crippen molar-refractivity contribution in [3.05, 3.63) is 54.1 Å². The number of alkyl halides is 3. The topological polar surface area (TPSA) is 34.1 Å². The van der Waals surface area contributed by atoms with E-state index < -0.39 is 20.8 Å². The predicted molar refractivity (Wildman–Crippen MR) is 69.9 cm³/mol. The molecule has 0 amide bonds. The lowest BCUT2D eigenvalue weighted by Gasteiger charge is -2.14. The lowest BCUT2D eigenvalue weighted by molar-refractivity contribution is -0.137. The summed E-state index contributed by atoms with van der Waals surface area (Å²) >= 11 is 0. The van der Waals surface area contributed by atoms with Crippen LogP contribution in [0.2, 0.25) is 0 Å². The molecule has 0 aliphatic rings. The highest BCUT2D eigenvalue weighted by molar-refractivity contribution is 8.13. The van der Waals surface area contributed by atoms with Gasteiger partial charge < -0.3 is 0 Å². The molecule has 0 radical (unpaired) electrons. The first-order valence-corrected chi connectivity index (χ1v) is 7.72. The molecule has 0 aliphatic heterocycles. The average molecular weight is 321 g/mol. The molecule has 2 aromatic rings. The van der Waals surface area contributed by atoms with Crippen molar-refractivity contribution in [1.82, 2.24) is 0 Å². The third kappa shape index (κ3) is 2.96. The molecule has 0 aliphatic carbocycles. The van der Waals surface area contributed by atoms with E-state index in [1.165, 1.54) is 42.5 Å². The molecule has 0 atom stereocenters. The Bertz CT molecular complexity index is 739. The Morgan fingerprint density at radius 1 is 0.850 bits per heavy atom. The molecule has 0 N–H and O–H groups in total. The zero-order valence-electron chi connectivity index (χ0n) is 9.86. The van der Waals surface area contributed by atoms with Crippen molar-refractivity contribution >= 4 is 19.7 Å².